The van der Waals surface area contributed by atoms with Crippen LogP contribution in [-0.2, 0) is 13.2 Å². The smallest absolute Gasteiger partial charge is 0.335 e. The molecule has 0 aliphatic rings. The van der Waals surface area contributed by atoms with E-state index in [1.165, 1.54) is 0 Å². The second-order valence-corrected chi connectivity index (χ2v) is 7.71. The van der Waals surface area contributed by atoms with Crippen molar-refractivity contribution >= 4 is 34.9 Å². The van der Waals surface area contributed by atoms with Gasteiger partial charge in [-0.15, -0.1) is 0 Å². The van der Waals surface area contributed by atoms with Gasteiger partial charge in [-0.25, -0.2) is 4.79 Å². The van der Waals surface area contributed by atoms with Crippen LogP contribution in [0.5, 0.6) is 11.5 Å². The zero-order valence-electron chi connectivity index (χ0n) is 17.2. The molecule has 0 spiro atoms. The Bertz CT molecular complexity index is 1060. The van der Waals surface area contributed by atoms with Crippen LogP contribution >= 0.6 is 23.2 Å². The summed E-state index contributed by atoms with van der Waals surface area (Å²) in [7, 11) is 0. The fraction of sp³-hybridized carbons (Fsp3) is 0.208. The molecule has 0 saturated carbocycles. The third-order valence-electron chi connectivity index (χ3n) is 4.70. The predicted molar refractivity (Wildman–Crippen MR) is 124 cm³/mol. The van der Waals surface area contributed by atoms with Gasteiger partial charge in [-0.1, -0.05) is 35.3 Å². The molecular formula is C24H23Cl2NO4. The molecule has 0 saturated heterocycles. The van der Waals surface area contributed by atoms with E-state index >= 15 is 0 Å². The van der Waals surface area contributed by atoms with Gasteiger partial charge in [0.2, 0.25) is 0 Å². The molecule has 0 unspecified atom stereocenters. The molecule has 0 fully saturated rings. The monoisotopic (exact) mass is 459 g/mol. The maximum Gasteiger partial charge on any atom is 0.335 e. The van der Waals surface area contributed by atoms with Gasteiger partial charge in [0.15, 0.2) is 11.5 Å². The topological polar surface area (TPSA) is 67.8 Å². The molecule has 5 nitrogen and oxygen atoms in total. The Labute approximate surface area is 191 Å². The number of benzene rings is 3. The number of carboxylic acids is 1. The van der Waals surface area contributed by atoms with Gasteiger partial charge in [0.1, 0.15) is 6.61 Å². The minimum atomic E-state index is -0.940. The zero-order valence-corrected chi connectivity index (χ0v) is 18.8. The number of aromatic carboxylic acids is 1. The maximum atomic E-state index is 11.1. The van der Waals surface area contributed by atoms with Crippen molar-refractivity contribution in [2.45, 2.75) is 27.0 Å². The van der Waals surface area contributed by atoms with Crippen LogP contribution in [0.2, 0.25) is 10.0 Å². The standard InChI is InChI=1S/C24H23Cl2NO4/c1-3-30-23-12-16(13-27-21-9-8-17(24(28)29)11-15(21)2)7-10-22(23)31-14-18-19(25)5-4-6-20(18)26/h4-12,27H,3,13-14H2,1-2H3,(H,28,29). The van der Waals surface area contributed by atoms with Crippen LogP contribution in [0.25, 0.3) is 0 Å². The number of anilines is 1. The maximum absolute atomic E-state index is 11.1. The number of ether oxygens (including phenoxy) is 2. The normalized spacial score (nSPS) is 10.6. The number of carboxylic acid groups (broad SMARTS) is 1. The quantitative estimate of drug-likeness (QED) is 0.377. The molecule has 31 heavy (non-hydrogen) atoms. The lowest BCUT2D eigenvalue weighted by Crippen LogP contribution is -2.05. The number of halogens is 2. The number of rotatable bonds is 9. The van der Waals surface area contributed by atoms with Crippen LogP contribution in [0.1, 0.15) is 34.0 Å². The molecule has 162 valence electrons. The number of hydrogen-bond donors (Lipinski definition) is 2. The van der Waals surface area contributed by atoms with E-state index in [0.717, 1.165) is 22.4 Å². The molecule has 3 aromatic carbocycles. The van der Waals surface area contributed by atoms with Crippen LogP contribution in [-0.4, -0.2) is 17.7 Å². The number of aryl methyl sites for hydroxylation is 1. The summed E-state index contributed by atoms with van der Waals surface area (Å²) in [6, 6.07) is 16.1. The first-order valence-corrected chi connectivity index (χ1v) is 10.5. The number of hydrogen-bond acceptors (Lipinski definition) is 4. The highest BCUT2D eigenvalue weighted by molar-refractivity contribution is 6.35. The summed E-state index contributed by atoms with van der Waals surface area (Å²) in [5, 5.41) is 13.5. The van der Waals surface area contributed by atoms with Crippen molar-refractivity contribution in [3.8, 4) is 11.5 Å². The van der Waals surface area contributed by atoms with E-state index in [1.807, 2.05) is 32.0 Å². The second-order valence-electron chi connectivity index (χ2n) is 6.89. The van der Waals surface area contributed by atoms with Gasteiger partial charge >= 0.3 is 5.97 Å². The van der Waals surface area contributed by atoms with Crippen molar-refractivity contribution < 1.29 is 19.4 Å². The van der Waals surface area contributed by atoms with E-state index in [2.05, 4.69) is 5.32 Å². The van der Waals surface area contributed by atoms with Gasteiger partial charge in [0.25, 0.3) is 0 Å². The highest BCUT2D eigenvalue weighted by atomic mass is 35.5. The summed E-state index contributed by atoms with van der Waals surface area (Å²) in [4.78, 5) is 11.1. The molecule has 0 aliphatic carbocycles. The van der Waals surface area contributed by atoms with Gasteiger partial charge < -0.3 is 19.9 Å². The molecule has 2 N–H and O–H groups in total. The fourth-order valence-electron chi connectivity index (χ4n) is 3.06. The lowest BCUT2D eigenvalue weighted by Gasteiger charge is -2.15. The Morgan fingerprint density at radius 3 is 2.39 bits per heavy atom. The molecule has 0 amide bonds. The van der Waals surface area contributed by atoms with Crippen molar-refractivity contribution in [2.24, 2.45) is 0 Å². The Morgan fingerprint density at radius 1 is 1.00 bits per heavy atom. The highest BCUT2D eigenvalue weighted by Gasteiger charge is 2.11. The van der Waals surface area contributed by atoms with E-state index in [-0.39, 0.29) is 12.2 Å². The third-order valence-corrected chi connectivity index (χ3v) is 5.41. The molecule has 0 atom stereocenters. The molecule has 3 rings (SSSR count). The van der Waals surface area contributed by atoms with Gasteiger partial charge in [-0.05, 0) is 67.4 Å². The predicted octanol–water partition coefficient (Wildman–Crippen LogP) is 6.59. The van der Waals surface area contributed by atoms with Gasteiger partial charge in [0.05, 0.1) is 12.2 Å². The Kier molecular flexibility index (Phi) is 7.66. The molecule has 0 bridgehead atoms. The molecule has 7 heteroatoms. The zero-order chi connectivity index (χ0) is 22.4. The Morgan fingerprint density at radius 2 is 1.74 bits per heavy atom. The van der Waals surface area contributed by atoms with E-state index in [9.17, 15) is 4.79 Å². The molecule has 0 aromatic heterocycles. The summed E-state index contributed by atoms with van der Waals surface area (Å²) in [6.45, 7) is 5.05. The van der Waals surface area contributed by atoms with E-state index < -0.39 is 5.97 Å². The lowest BCUT2D eigenvalue weighted by atomic mass is 10.1. The first-order chi connectivity index (χ1) is 14.9. The van der Waals surface area contributed by atoms with Crippen LogP contribution in [0.4, 0.5) is 5.69 Å². The number of nitrogens with one attached hydrogen (secondary N) is 1. The SMILES string of the molecule is CCOc1cc(CNc2ccc(C(=O)O)cc2C)ccc1OCc1c(Cl)cccc1Cl. The van der Waals surface area contributed by atoms with Crippen LogP contribution < -0.4 is 14.8 Å². The van der Waals surface area contributed by atoms with Crippen molar-refractivity contribution in [3.05, 3.63) is 86.9 Å². The number of carbonyl (C=O) groups is 1. The third kappa shape index (κ3) is 5.84. The summed E-state index contributed by atoms with van der Waals surface area (Å²) < 4.78 is 11.7. The largest absolute Gasteiger partial charge is 0.490 e. The van der Waals surface area contributed by atoms with Crippen molar-refractivity contribution in [1.82, 2.24) is 0 Å². The molecule has 0 heterocycles. The minimum absolute atomic E-state index is 0.227. The first-order valence-electron chi connectivity index (χ1n) is 9.78. The highest BCUT2D eigenvalue weighted by Crippen LogP contribution is 2.32. The van der Waals surface area contributed by atoms with E-state index in [1.54, 1.807) is 36.4 Å². The molecule has 3 aromatic rings. The Hall–Kier alpha value is -2.89. The molecular weight excluding hydrogens is 437 g/mol. The summed E-state index contributed by atoms with van der Waals surface area (Å²) in [6.07, 6.45) is 0. The van der Waals surface area contributed by atoms with Crippen molar-refractivity contribution in [2.75, 3.05) is 11.9 Å². The lowest BCUT2D eigenvalue weighted by molar-refractivity contribution is 0.0697. The molecule has 0 radical (unpaired) electrons. The van der Waals surface area contributed by atoms with Crippen LogP contribution in [0.15, 0.2) is 54.6 Å². The molecule has 0 aliphatic heterocycles. The van der Waals surface area contributed by atoms with Gasteiger partial charge in [-0.2, -0.15) is 0 Å². The van der Waals surface area contributed by atoms with Gasteiger partial charge in [0, 0.05) is 27.8 Å². The Balaban J connectivity index is 1.72. The average Bonchev–Trinajstić information content (AvgIpc) is 2.73. The fourth-order valence-corrected chi connectivity index (χ4v) is 3.57. The summed E-state index contributed by atoms with van der Waals surface area (Å²) in [5.41, 5.74) is 3.72. The summed E-state index contributed by atoms with van der Waals surface area (Å²) >= 11 is 12.4. The van der Waals surface area contributed by atoms with Crippen molar-refractivity contribution in [3.63, 3.8) is 0 Å². The van der Waals surface area contributed by atoms with Crippen molar-refractivity contribution in [1.29, 1.82) is 0 Å². The van der Waals surface area contributed by atoms with Crippen LogP contribution in [0.3, 0.4) is 0 Å². The van der Waals surface area contributed by atoms with Crippen LogP contribution in [0, 0.1) is 6.92 Å². The van der Waals surface area contributed by atoms with E-state index in [0.29, 0.717) is 34.7 Å². The van der Waals surface area contributed by atoms with E-state index in [4.69, 9.17) is 37.8 Å². The first kappa shape index (κ1) is 22.8. The minimum Gasteiger partial charge on any atom is -0.490 e. The summed E-state index contributed by atoms with van der Waals surface area (Å²) in [5.74, 6) is 0.288. The van der Waals surface area contributed by atoms with Gasteiger partial charge in [-0.3, -0.25) is 0 Å². The average molecular weight is 460 g/mol. The second kappa shape index (κ2) is 10.4.